The minimum atomic E-state index is -2.47. The standard InChI is InChI=1S/C21H19BrN8O3/c1-12-3-4-13(19-25-27-30(26-19)15-10-28(11-15)21(32)33-2)7-17(12)24-20(31)16-9-23-29-6-5-14(22)8-18(16)29/h3-9,15H,10-11H2,1-2H3,(H,24,31)/i1D3. The van der Waals surface area contributed by atoms with Crippen molar-refractivity contribution >= 4 is 39.1 Å². The van der Waals surface area contributed by atoms with Gasteiger partial charge in [-0.15, -0.1) is 10.2 Å². The summed E-state index contributed by atoms with van der Waals surface area (Å²) < 4.78 is 30.7. The first-order valence-corrected chi connectivity index (χ1v) is 10.6. The number of hydrogen-bond donors (Lipinski definition) is 1. The number of ether oxygens (including phenoxy) is 1. The molecular formula is C21H19BrN8O3. The van der Waals surface area contributed by atoms with Crippen molar-refractivity contribution in [2.75, 3.05) is 25.5 Å². The SMILES string of the molecule is [2H]C([2H])([2H])c1ccc(-c2nnn(C3CN(C(=O)OC)C3)n2)cc1NC(=O)c1cnn2ccc(Br)cc12. The molecule has 2 amide bonds. The number of nitrogens with zero attached hydrogens (tertiary/aromatic N) is 7. The smallest absolute Gasteiger partial charge is 0.409 e. The lowest BCUT2D eigenvalue weighted by Gasteiger charge is -2.36. The Balaban J connectivity index is 1.42. The summed E-state index contributed by atoms with van der Waals surface area (Å²) in [6.45, 7) is -1.70. The molecule has 3 aromatic heterocycles. The molecule has 0 saturated carbocycles. The molecule has 4 aromatic rings. The third-order valence-corrected chi connectivity index (χ3v) is 5.80. The number of amides is 2. The fraction of sp³-hybridized carbons (Fsp3) is 0.238. The molecule has 1 N–H and O–H groups in total. The summed E-state index contributed by atoms with van der Waals surface area (Å²) in [5.41, 5.74) is 1.37. The lowest BCUT2D eigenvalue weighted by Crippen LogP contribution is -2.51. The van der Waals surface area contributed by atoms with E-state index in [1.54, 1.807) is 28.9 Å². The van der Waals surface area contributed by atoms with Gasteiger partial charge in [-0.1, -0.05) is 28.1 Å². The molecule has 11 nitrogen and oxygen atoms in total. The lowest BCUT2D eigenvalue weighted by atomic mass is 10.1. The molecule has 168 valence electrons. The molecule has 0 radical (unpaired) electrons. The number of carbonyl (C=O) groups is 2. The largest absolute Gasteiger partial charge is 0.453 e. The van der Waals surface area contributed by atoms with Crippen LogP contribution in [0.2, 0.25) is 0 Å². The summed E-state index contributed by atoms with van der Waals surface area (Å²) in [5, 5.41) is 19.4. The zero-order valence-electron chi connectivity index (χ0n) is 20.3. The first-order valence-electron chi connectivity index (χ1n) is 11.4. The molecule has 0 aliphatic carbocycles. The molecule has 0 unspecified atom stereocenters. The van der Waals surface area contributed by atoms with E-state index in [1.165, 1.54) is 35.1 Å². The summed E-state index contributed by atoms with van der Waals surface area (Å²) in [7, 11) is 1.31. The average Bonchev–Trinajstić information content (AvgIpc) is 3.44. The van der Waals surface area contributed by atoms with Gasteiger partial charge < -0.3 is 15.0 Å². The van der Waals surface area contributed by atoms with E-state index in [0.717, 1.165) is 4.47 Å². The van der Waals surface area contributed by atoms with Gasteiger partial charge >= 0.3 is 6.09 Å². The highest BCUT2D eigenvalue weighted by atomic mass is 79.9. The lowest BCUT2D eigenvalue weighted by molar-refractivity contribution is 0.0621. The number of nitrogens with one attached hydrogen (secondary N) is 1. The van der Waals surface area contributed by atoms with Crippen LogP contribution in [0.4, 0.5) is 10.5 Å². The highest BCUT2D eigenvalue weighted by Crippen LogP contribution is 2.26. The van der Waals surface area contributed by atoms with Gasteiger partial charge in [-0.05, 0) is 35.8 Å². The molecule has 5 rings (SSSR count). The molecule has 1 saturated heterocycles. The Morgan fingerprint density at radius 1 is 1.27 bits per heavy atom. The number of fused-ring (bicyclic) bond motifs is 1. The molecule has 1 aromatic carbocycles. The van der Waals surface area contributed by atoms with Gasteiger partial charge in [-0.3, -0.25) is 4.79 Å². The van der Waals surface area contributed by atoms with Gasteiger partial charge in [0, 0.05) is 26.0 Å². The number of aryl methyl sites for hydroxylation is 1. The third-order valence-electron chi connectivity index (χ3n) is 5.30. The second-order valence-corrected chi connectivity index (χ2v) is 8.33. The van der Waals surface area contributed by atoms with Crippen molar-refractivity contribution < 1.29 is 18.4 Å². The number of tetrazole rings is 1. The molecule has 33 heavy (non-hydrogen) atoms. The van der Waals surface area contributed by atoms with Gasteiger partial charge in [0.05, 0.1) is 37.5 Å². The van der Waals surface area contributed by atoms with Crippen molar-refractivity contribution in [1.82, 2.24) is 34.7 Å². The fourth-order valence-electron chi connectivity index (χ4n) is 3.48. The van der Waals surface area contributed by atoms with E-state index in [4.69, 9.17) is 4.11 Å². The van der Waals surface area contributed by atoms with E-state index in [-0.39, 0.29) is 28.7 Å². The Kier molecular flexibility index (Phi) is 4.45. The maximum absolute atomic E-state index is 13.1. The number of rotatable bonds is 4. The summed E-state index contributed by atoms with van der Waals surface area (Å²) in [6.07, 6.45) is 2.69. The second-order valence-electron chi connectivity index (χ2n) is 7.41. The number of hydrogen-bond acceptors (Lipinski definition) is 7. The number of carbonyl (C=O) groups excluding carboxylic acids is 2. The molecule has 0 bridgehead atoms. The van der Waals surface area contributed by atoms with Crippen molar-refractivity contribution in [3.63, 3.8) is 0 Å². The van der Waals surface area contributed by atoms with Gasteiger partial charge in [0.2, 0.25) is 5.82 Å². The monoisotopic (exact) mass is 513 g/mol. The van der Waals surface area contributed by atoms with Gasteiger partial charge in [0.15, 0.2) is 0 Å². The van der Waals surface area contributed by atoms with E-state index < -0.39 is 18.9 Å². The molecule has 0 spiro atoms. The van der Waals surface area contributed by atoms with Crippen LogP contribution in [0.25, 0.3) is 16.9 Å². The number of halogens is 1. The predicted octanol–water partition coefficient (Wildman–Crippen LogP) is 2.93. The Morgan fingerprint density at radius 2 is 2.12 bits per heavy atom. The zero-order chi connectivity index (χ0) is 25.6. The van der Waals surface area contributed by atoms with Gasteiger partial charge in [0.1, 0.15) is 6.04 Å². The van der Waals surface area contributed by atoms with E-state index in [2.05, 4.69) is 46.5 Å². The van der Waals surface area contributed by atoms with E-state index in [0.29, 0.717) is 24.2 Å². The Labute approximate surface area is 200 Å². The van der Waals surface area contributed by atoms with Crippen molar-refractivity contribution in [3.8, 4) is 11.4 Å². The highest BCUT2D eigenvalue weighted by molar-refractivity contribution is 9.10. The molecule has 12 heteroatoms. The number of methoxy groups -OCH3 is 1. The van der Waals surface area contributed by atoms with Crippen LogP contribution in [-0.2, 0) is 4.74 Å². The van der Waals surface area contributed by atoms with Crippen LogP contribution in [0.3, 0.4) is 0 Å². The third kappa shape index (κ3) is 3.93. The van der Waals surface area contributed by atoms with Crippen LogP contribution in [0, 0.1) is 6.85 Å². The first-order chi connectivity index (χ1) is 17.1. The Morgan fingerprint density at radius 3 is 2.91 bits per heavy atom. The minimum absolute atomic E-state index is 0.0302. The van der Waals surface area contributed by atoms with Crippen LogP contribution in [0.1, 0.15) is 26.1 Å². The van der Waals surface area contributed by atoms with E-state index in [9.17, 15) is 9.59 Å². The number of pyridine rings is 1. The van der Waals surface area contributed by atoms with Gasteiger partial charge in [-0.25, -0.2) is 9.31 Å². The summed E-state index contributed by atoms with van der Waals surface area (Å²) in [5.74, 6) is -0.265. The fourth-order valence-corrected chi connectivity index (χ4v) is 3.82. The molecule has 1 fully saturated rings. The molecular weight excluding hydrogens is 492 g/mol. The number of anilines is 1. The van der Waals surface area contributed by atoms with E-state index in [1.807, 2.05) is 0 Å². The zero-order valence-corrected chi connectivity index (χ0v) is 18.9. The van der Waals surface area contributed by atoms with Crippen LogP contribution >= 0.6 is 15.9 Å². The Bertz CT molecular complexity index is 1480. The van der Waals surface area contributed by atoms with Crippen molar-refractivity contribution in [2.24, 2.45) is 0 Å². The molecule has 0 atom stereocenters. The van der Waals surface area contributed by atoms with Gasteiger partial charge in [-0.2, -0.15) is 9.90 Å². The summed E-state index contributed by atoms with van der Waals surface area (Å²) in [4.78, 5) is 27.6. The maximum Gasteiger partial charge on any atom is 0.409 e. The number of likely N-dealkylation sites (tertiary alicyclic amines) is 1. The van der Waals surface area contributed by atoms with Crippen molar-refractivity contribution in [2.45, 2.75) is 12.9 Å². The first kappa shape index (κ1) is 17.7. The number of aromatic nitrogens is 6. The topological polar surface area (TPSA) is 120 Å². The normalized spacial score (nSPS) is 15.5. The number of benzene rings is 1. The average molecular weight is 514 g/mol. The van der Waals surface area contributed by atoms with Crippen LogP contribution < -0.4 is 5.32 Å². The second kappa shape index (κ2) is 8.28. The minimum Gasteiger partial charge on any atom is -0.453 e. The van der Waals surface area contributed by atoms with Crippen LogP contribution in [0.5, 0.6) is 0 Å². The van der Waals surface area contributed by atoms with Crippen LogP contribution in [0.15, 0.2) is 47.2 Å². The highest BCUT2D eigenvalue weighted by Gasteiger charge is 2.34. The summed E-state index contributed by atoms with van der Waals surface area (Å²) in [6, 6.07) is 7.85. The van der Waals surface area contributed by atoms with E-state index >= 15 is 0 Å². The Hall–Kier alpha value is -3.80. The molecule has 4 heterocycles. The van der Waals surface area contributed by atoms with Crippen molar-refractivity contribution in [1.29, 1.82) is 0 Å². The molecule has 1 aliphatic rings. The molecule has 1 aliphatic heterocycles. The van der Waals surface area contributed by atoms with Crippen molar-refractivity contribution in [3.05, 3.63) is 58.3 Å². The van der Waals surface area contributed by atoms with Gasteiger partial charge in [0.25, 0.3) is 5.91 Å². The predicted molar refractivity (Wildman–Crippen MR) is 122 cm³/mol. The summed E-state index contributed by atoms with van der Waals surface area (Å²) >= 11 is 3.38. The van der Waals surface area contributed by atoms with Crippen LogP contribution in [-0.4, -0.2) is 66.9 Å². The quantitative estimate of drug-likeness (QED) is 0.445. The maximum atomic E-state index is 13.1.